The Labute approximate surface area is 111 Å². The molecule has 0 radical (unpaired) electrons. The van der Waals surface area contributed by atoms with Crippen LogP contribution in [0.2, 0.25) is 5.02 Å². The summed E-state index contributed by atoms with van der Waals surface area (Å²) in [4.78, 5) is 4.33. The molecule has 1 unspecified atom stereocenters. The first kappa shape index (κ1) is 13.1. The van der Waals surface area contributed by atoms with Crippen molar-refractivity contribution in [2.45, 2.75) is 32.2 Å². The smallest absolute Gasteiger partial charge is 0.228 e. The molecule has 1 atom stereocenters. The number of benzene rings is 1. The van der Waals surface area contributed by atoms with Crippen LogP contribution >= 0.6 is 11.6 Å². The summed E-state index contributed by atoms with van der Waals surface area (Å²) in [7, 11) is 0. The van der Waals surface area contributed by atoms with Gasteiger partial charge in [-0.25, -0.2) is 0 Å². The molecule has 0 amide bonds. The van der Waals surface area contributed by atoms with E-state index >= 15 is 0 Å². The first-order valence-electron chi connectivity index (χ1n) is 6.03. The normalized spacial score (nSPS) is 12.6. The summed E-state index contributed by atoms with van der Waals surface area (Å²) in [5.41, 5.74) is 6.79. The number of halogens is 1. The molecule has 1 aromatic carbocycles. The summed E-state index contributed by atoms with van der Waals surface area (Å²) < 4.78 is 5.19. The highest BCUT2D eigenvalue weighted by atomic mass is 35.5. The van der Waals surface area contributed by atoms with Crippen molar-refractivity contribution in [1.82, 2.24) is 10.1 Å². The predicted molar refractivity (Wildman–Crippen MR) is 71.3 cm³/mol. The highest BCUT2D eigenvalue weighted by molar-refractivity contribution is 6.30. The number of rotatable bonds is 5. The van der Waals surface area contributed by atoms with E-state index in [9.17, 15) is 0 Å². The van der Waals surface area contributed by atoms with Crippen molar-refractivity contribution in [3.63, 3.8) is 0 Å². The Hall–Kier alpha value is -1.39. The van der Waals surface area contributed by atoms with Gasteiger partial charge in [0.15, 0.2) is 0 Å². The summed E-state index contributed by atoms with van der Waals surface area (Å²) in [6, 6.07) is 7.44. The second kappa shape index (κ2) is 5.98. The second-order valence-corrected chi connectivity index (χ2v) is 4.71. The zero-order valence-electron chi connectivity index (χ0n) is 10.3. The molecule has 0 aliphatic heterocycles. The summed E-state index contributed by atoms with van der Waals surface area (Å²) in [6.07, 6.45) is 2.62. The maximum Gasteiger partial charge on any atom is 0.228 e. The van der Waals surface area contributed by atoms with Crippen molar-refractivity contribution >= 4 is 11.6 Å². The van der Waals surface area contributed by atoms with Crippen LogP contribution in [0, 0.1) is 0 Å². The van der Waals surface area contributed by atoms with E-state index < -0.39 is 0 Å². The van der Waals surface area contributed by atoms with Crippen molar-refractivity contribution in [1.29, 1.82) is 0 Å². The zero-order valence-corrected chi connectivity index (χ0v) is 11.0. The van der Waals surface area contributed by atoms with E-state index in [2.05, 4.69) is 17.1 Å². The third-order valence-electron chi connectivity index (χ3n) is 2.65. The molecule has 96 valence electrons. The molecule has 2 rings (SSSR count). The van der Waals surface area contributed by atoms with Crippen LogP contribution in [0.3, 0.4) is 0 Å². The van der Waals surface area contributed by atoms with Gasteiger partial charge in [0.1, 0.15) is 0 Å². The lowest BCUT2D eigenvalue weighted by atomic mass is 10.1. The zero-order chi connectivity index (χ0) is 13.0. The van der Waals surface area contributed by atoms with Crippen molar-refractivity contribution in [3.05, 3.63) is 35.2 Å². The number of hydrogen-bond acceptors (Lipinski definition) is 4. The van der Waals surface area contributed by atoms with Crippen molar-refractivity contribution < 1.29 is 4.52 Å². The van der Waals surface area contributed by atoms with Gasteiger partial charge in [-0.1, -0.05) is 42.2 Å². The molecule has 2 N–H and O–H groups in total. The first-order valence-corrected chi connectivity index (χ1v) is 6.41. The SMILES string of the molecule is CCCC(N)Cc1nc(-c2cccc(Cl)c2)no1. The topological polar surface area (TPSA) is 64.9 Å². The molecule has 0 bridgehead atoms. The molecule has 0 saturated carbocycles. The third-order valence-corrected chi connectivity index (χ3v) is 2.88. The van der Waals surface area contributed by atoms with E-state index in [1.807, 2.05) is 24.3 Å². The monoisotopic (exact) mass is 265 g/mol. The average molecular weight is 266 g/mol. The summed E-state index contributed by atoms with van der Waals surface area (Å²) >= 11 is 5.92. The quantitative estimate of drug-likeness (QED) is 0.902. The molecule has 0 aliphatic carbocycles. The fourth-order valence-electron chi connectivity index (χ4n) is 1.78. The predicted octanol–water partition coefficient (Wildman–Crippen LogP) is 3.06. The minimum absolute atomic E-state index is 0.0719. The van der Waals surface area contributed by atoms with Crippen LogP contribution in [-0.4, -0.2) is 16.2 Å². The molecule has 1 aromatic heterocycles. The van der Waals surface area contributed by atoms with Gasteiger partial charge in [-0.2, -0.15) is 4.98 Å². The van der Waals surface area contributed by atoms with Gasteiger partial charge >= 0.3 is 0 Å². The fourth-order valence-corrected chi connectivity index (χ4v) is 1.97. The molecule has 2 aromatic rings. The maximum absolute atomic E-state index is 5.94. The van der Waals surface area contributed by atoms with Crippen LogP contribution in [0.1, 0.15) is 25.7 Å². The summed E-state index contributed by atoms with van der Waals surface area (Å²) in [5, 5.41) is 4.59. The van der Waals surface area contributed by atoms with Gasteiger partial charge in [-0.05, 0) is 18.6 Å². The van der Waals surface area contributed by atoms with Crippen LogP contribution in [-0.2, 0) is 6.42 Å². The van der Waals surface area contributed by atoms with Crippen molar-refractivity contribution in [2.24, 2.45) is 5.73 Å². The fraction of sp³-hybridized carbons (Fsp3) is 0.385. The van der Waals surface area contributed by atoms with Gasteiger partial charge in [-0.3, -0.25) is 0 Å². The van der Waals surface area contributed by atoms with Crippen LogP contribution in [0.25, 0.3) is 11.4 Å². The number of hydrogen-bond donors (Lipinski definition) is 1. The Morgan fingerprint density at radius 3 is 3.00 bits per heavy atom. The highest BCUT2D eigenvalue weighted by Gasteiger charge is 2.12. The molecule has 0 spiro atoms. The minimum atomic E-state index is 0.0719. The maximum atomic E-state index is 5.94. The molecule has 0 fully saturated rings. The lowest BCUT2D eigenvalue weighted by Gasteiger charge is -2.05. The van der Waals surface area contributed by atoms with Gasteiger partial charge in [-0.15, -0.1) is 0 Å². The Morgan fingerprint density at radius 2 is 2.28 bits per heavy atom. The van der Waals surface area contributed by atoms with Crippen molar-refractivity contribution in [3.8, 4) is 11.4 Å². The molecule has 0 saturated heterocycles. The van der Waals surface area contributed by atoms with Gasteiger partial charge in [0.2, 0.25) is 11.7 Å². The number of nitrogens with two attached hydrogens (primary N) is 1. The van der Waals surface area contributed by atoms with E-state index in [0.29, 0.717) is 23.2 Å². The molecular weight excluding hydrogens is 250 g/mol. The van der Waals surface area contributed by atoms with Gasteiger partial charge in [0.05, 0.1) is 0 Å². The number of nitrogens with zero attached hydrogens (tertiary/aromatic N) is 2. The molecule has 1 heterocycles. The van der Waals surface area contributed by atoms with Crippen LogP contribution in [0.5, 0.6) is 0 Å². The standard InChI is InChI=1S/C13H16ClN3O/c1-2-4-11(15)8-12-16-13(17-18-12)9-5-3-6-10(14)7-9/h3,5-7,11H,2,4,8,15H2,1H3. The molecular formula is C13H16ClN3O. The largest absolute Gasteiger partial charge is 0.339 e. The van der Waals surface area contributed by atoms with Gasteiger partial charge in [0, 0.05) is 23.0 Å². The Bertz CT molecular complexity index is 512. The van der Waals surface area contributed by atoms with E-state index in [1.54, 1.807) is 0 Å². The van der Waals surface area contributed by atoms with E-state index in [1.165, 1.54) is 0 Å². The molecule has 5 heteroatoms. The van der Waals surface area contributed by atoms with E-state index in [4.69, 9.17) is 21.9 Å². The van der Waals surface area contributed by atoms with Crippen LogP contribution in [0.4, 0.5) is 0 Å². The lowest BCUT2D eigenvalue weighted by Crippen LogP contribution is -2.22. The summed E-state index contributed by atoms with van der Waals surface area (Å²) in [6.45, 7) is 2.10. The Morgan fingerprint density at radius 1 is 1.44 bits per heavy atom. The van der Waals surface area contributed by atoms with E-state index in [-0.39, 0.29) is 6.04 Å². The Kier molecular flexibility index (Phi) is 4.33. The summed E-state index contributed by atoms with van der Waals surface area (Å²) in [5.74, 6) is 1.13. The van der Waals surface area contributed by atoms with Crippen LogP contribution < -0.4 is 5.73 Å². The van der Waals surface area contributed by atoms with Crippen molar-refractivity contribution in [2.75, 3.05) is 0 Å². The highest BCUT2D eigenvalue weighted by Crippen LogP contribution is 2.20. The lowest BCUT2D eigenvalue weighted by molar-refractivity contribution is 0.366. The van der Waals surface area contributed by atoms with E-state index in [0.717, 1.165) is 18.4 Å². The molecule has 4 nitrogen and oxygen atoms in total. The Balaban J connectivity index is 2.10. The molecule has 18 heavy (non-hydrogen) atoms. The molecule has 0 aliphatic rings. The van der Waals surface area contributed by atoms with Gasteiger partial charge < -0.3 is 10.3 Å². The second-order valence-electron chi connectivity index (χ2n) is 4.27. The van der Waals surface area contributed by atoms with Crippen LogP contribution in [0.15, 0.2) is 28.8 Å². The number of aromatic nitrogens is 2. The third kappa shape index (κ3) is 3.31. The van der Waals surface area contributed by atoms with Gasteiger partial charge in [0.25, 0.3) is 0 Å². The first-order chi connectivity index (χ1) is 8.69. The minimum Gasteiger partial charge on any atom is -0.339 e. The average Bonchev–Trinajstić information content (AvgIpc) is 2.78.